The van der Waals surface area contributed by atoms with E-state index in [0.717, 1.165) is 6.42 Å². The van der Waals surface area contributed by atoms with Gasteiger partial charge >= 0.3 is 6.03 Å². The molecule has 0 bridgehead atoms. The number of nitrogens with zero attached hydrogens (tertiary/aromatic N) is 3. The number of benzene rings is 1. The number of fused-ring (bicyclic) bond motifs is 1. The maximum atomic E-state index is 13.2. The molecule has 1 aromatic heterocycles. The zero-order chi connectivity index (χ0) is 21.1. The van der Waals surface area contributed by atoms with Gasteiger partial charge in [0.05, 0.1) is 18.3 Å². The maximum Gasteiger partial charge on any atom is 0.327 e. The molecule has 2 fully saturated rings. The first-order valence-corrected chi connectivity index (χ1v) is 10.2. The Hall–Kier alpha value is -2.97. The van der Waals surface area contributed by atoms with Crippen molar-refractivity contribution in [3.05, 3.63) is 59.4 Å². The van der Waals surface area contributed by atoms with E-state index in [1.54, 1.807) is 48.7 Å². The van der Waals surface area contributed by atoms with E-state index in [2.05, 4.69) is 15.6 Å². The maximum absolute atomic E-state index is 13.2. The summed E-state index contributed by atoms with van der Waals surface area (Å²) in [6, 6.07) is 10.8. The molecule has 8 nitrogen and oxygen atoms in total. The number of nitrogens with one attached hydrogen (secondary N) is 2. The monoisotopic (exact) mass is 427 g/mol. The Balaban J connectivity index is 1.54. The molecular formula is C21H22ClN5O3. The van der Waals surface area contributed by atoms with Crippen LogP contribution in [0.2, 0.25) is 5.02 Å². The van der Waals surface area contributed by atoms with E-state index in [-0.39, 0.29) is 30.9 Å². The highest BCUT2D eigenvalue weighted by atomic mass is 35.5. The molecule has 1 aromatic carbocycles. The van der Waals surface area contributed by atoms with Crippen molar-refractivity contribution in [3.63, 3.8) is 0 Å². The van der Waals surface area contributed by atoms with E-state index in [1.807, 2.05) is 0 Å². The number of rotatable bonds is 5. The SMILES string of the molecule is O=C(CN1C(=O)N(Cc2ccccn2)C(=O)C2NCCCC21)Nc1cccc(Cl)c1. The minimum absolute atomic E-state index is 0.0653. The third kappa shape index (κ3) is 4.29. The van der Waals surface area contributed by atoms with Gasteiger partial charge < -0.3 is 15.5 Å². The molecule has 9 heteroatoms. The van der Waals surface area contributed by atoms with Crippen LogP contribution >= 0.6 is 11.6 Å². The molecular weight excluding hydrogens is 406 g/mol. The van der Waals surface area contributed by atoms with Crippen LogP contribution in [0.5, 0.6) is 0 Å². The van der Waals surface area contributed by atoms with Crippen LogP contribution in [0, 0.1) is 0 Å². The van der Waals surface area contributed by atoms with E-state index in [9.17, 15) is 14.4 Å². The zero-order valence-corrected chi connectivity index (χ0v) is 17.0. The third-order valence-electron chi connectivity index (χ3n) is 5.30. The van der Waals surface area contributed by atoms with Crippen molar-refractivity contribution in [2.24, 2.45) is 0 Å². The Bertz CT molecular complexity index is 955. The molecule has 2 aliphatic heterocycles. The number of aromatic nitrogens is 1. The van der Waals surface area contributed by atoms with Gasteiger partial charge in [0, 0.05) is 16.9 Å². The van der Waals surface area contributed by atoms with Gasteiger partial charge in [0.2, 0.25) is 11.8 Å². The van der Waals surface area contributed by atoms with Crippen LogP contribution in [0.3, 0.4) is 0 Å². The molecule has 2 aromatic rings. The van der Waals surface area contributed by atoms with Crippen molar-refractivity contribution < 1.29 is 14.4 Å². The summed E-state index contributed by atoms with van der Waals surface area (Å²) in [7, 11) is 0. The number of pyridine rings is 1. The zero-order valence-electron chi connectivity index (χ0n) is 16.3. The average Bonchev–Trinajstić information content (AvgIpc) is 2.75. The second kappa shape index (κ2) is 8.81. The fourth-order valence-corrected chi connectivity index (χ4v) is 4.11. The van der Waals surface area contributed by atoms with E-state index < -0.39 is 12.1 Å². The summed E-state index contributed by atoms with van der Waals surface area (Å²) in [6.07, 6.45) is 3.11. The molecule has 30 heavy (non-hydrogen) atoms. The second-order valence-corrected chi connectivity index (χ2v) is 7.79. The van der Waals surface area contributed by atoms with Gasteiger partial charge in [-0.15, -0.1) is 0 Å². The number of amides is 4. The van der Waals surface area contributed by atoms with Crippen LogP contribution in [0.1, 0.15) is 18.5 Å². The van der Waals surface area contributed by atoms with Crippen LogP contribution in [0.25, 0.3) is 0 Å². The van der Waals surface area contributed by atoms with Crippen LogP contribution in [-0.2, 0) is 16.1 Å². The lowest BCUT2D eigenvalue weighted by molar-refractivity contribution is -0.138. The average molecular weight is 428 g/mol. The lowest BCUT2D eigenvalue weighted by Gasteiger charge is -2.46. The minimum atomic E-state index is -0.529. The normalized spacial score (nSPS) is 21.4. The molecule has 0 radical (unpaired) electrons. The Labute approximate surface area is 179 Å². The van der Waals surface area contributed by atoms with Crippen molar-refractivity contribution in [1.29, 1.82) is 0 Å². The number of halogens is 1. The fourth-order valence-electron chi connectivity index (χ4n) is 3.92. The first kappa shape index (κ1) is 20.3. The predicted molar refractivity (Wildman–Crippen MR) is 112 cm³/mol. The number of piperidine rings is 1. The molecule has 156 valence electrons. The van der Waals surface area contributed by atoms with Gasteiger partial charge in [0.15, 0.2) is 0 Å². The van der Waals surface area contributed by atoms with Gasteiger partial charge in [0.25, 0.3) is 0 Å². The summed E-state index contributed by atoms with van der Waals surface area (Å²) in [6.45, 7) is 0.608. The van der Waals surface area contributed by atoms with Gasteiger partial charge in [-0.2, -0.15) is 0 Å². The topological polar surface area (TPSA) is 94.6 Å². The number of urea groups is 1. The van der Waals surface area contributed by atoms with Gasteiger partial charge in [-0.3, -0.25) is 19.5 Å². The number of imide groups is 1. The predicted octanol–water partition coefficient (Wildman–Crippen LogP) is 2.26. The Morgan fingerprint density at radius 3 is 2.87 bits per heavy atom. The molecule has 2 N–H and O–H groups in total. The fraction of sp³-hybridized carbons (Fsp3) is 0.333. The van der Waals surface area contributed by atoms with Gasteiger partial charge in [0.1, 0.15) is 12.6 Å². The summed E-state index contributed by atoms with van der Waals surface area (Å²) in [5, 5.41) is 6.49. The molecule has 0 spiro atoms. The smallest absolute Gasteiger partial charge is 0.324 e. The molecule has 3 heterocycles. The van der Waals surface area contributed by atoms with E-state index in [1.165, 1.54) is 9.80 Å². The van der Waals surface area contributed by atoms with Gasteiger partial charge in [-0.25, -0.2) is 4.79 Å². The van der Waals surface area contributed by atoms with E-state index in [4.69, 9.17) is 11.6 Å². The standard InChI is InChI=1S/C21H22ClN5O3/c22-14-5-3-7-15(11-14)25-18(28)13-26-17-8-4-10-24-19(17)20(29)27(21(26)30)12-16-6-1-2-9-23-16/h1-3,5-7,9,11,17,19,24H,4,8,10,12-13H2,(H,25,28). The highest BCUT2D eigenvalue weighted by Gasteiger charge is 2.47. The number of anilines is 1. The Kier molecular flexibility index (Phi) is 5.96. The molecule has 2 unspecified atom stereocenters. The highest BCUT2D eigenvalue weighted by Crippen LogP contribution is 2.26. The van der Waals surface area contributed by atoms with Crippen molar-refractivity contribution in [2.75, 3.05) is 18.4 Å². The number of carbonyl (C=O) groups is 3. The summed E-state index contributed by atoms with van der Waals surface area (Å²) < 4.78 is 0. The number of hydrogen-bond acceptors (Lipinski definition) is 5. The lowest BCUT2D eigenvalue weighted by atomic mass is 9.93. The summed E-state index contributed by atoms with van der Waals surface area (Å²) >= 11 is 5.97. The largest absolute Gasteiger partial charge is 0.327 e. The molecule has 0 aliphatic carbocycles. The highest BCUT2D eigenvalue weighted by molar-refractivity contribution is 6.30. The molecule has 2 saturated heterocycles. The molecule has 2 atom stereocenters. The molecule has 4 amide bonds. The van der Waals surface area contributed by atoms with Crippen molar-refractivity contribution in [1.82, 2.24) is 20.1 Å². The molecule has 0 saturated carbocycles. The lowest BCUT2D eigenvalue weighted by Crippen LogP contribution is -2.70. The number of carbonyl (C=O) groups excluding carboxylic acids is 3. The molecule has 4 rings (SSSR count). The Morgan fingerprint density at radius 2 is 2.10 bits per heavy atom. The van der Waals surface area contributed by atoms with Crippen molar-refractivity contribution >= 4 is 35.1 Å². The molecule has 2 aliphatic rings. The first-order chi connectivity index (χ1) is 14.5. The van der Waals surface area contributed by atoms with Gasteiger partial charge in [-0.05, 0) is 49.7 Å². The first-order valence-electron chi connectivity index (χ1n) is 9.83. The van der Waals surface area contributed by atoms with Gasteiger partial charge in [-0.1, -0.05) is 23.7 Å². The van der Waals surface area contributed by atoms with Crippen LogP contribution in [-0.4, -0.2) is 57.8 Å². The number of hydrogen-bond donors (Lipinski definition) is 2. The van der Waals surface area contributed by atoms with Crippen LogP contribution in [0.15, 0.2) is 48.7 Å². The van der Waals surface area contributed by atoms with E-state index >= 15 is 0 Å². The summed E-state index contributed by atoms with van der Waals surface area (Å²) in [5.74, 6) is -0.621. The Morgan fingerprint density at radius 1 is 1.23 bits per heavy atom. The van der Waals surface area contributed by atoms with Crippen LogP contribution in [0.4, 0.5) is 10.5 Å². The summed E-state index contributed by atoms with van der Waals surface area (Å²) in [4.78, 5) is 45.8. The minimum Gasteiger partial charge on any atom is -0.324 e. The van der Waals surface area contributed by atoms with E-state index in [0.29, 0.717) is 29.4 Å². The van der Waals surface area contributed by atoms with Crippen LogP contribution < -0.4 is 10.6 Å². The van der Waals surface area contributed by atoms with Crippen molar-refractivity contribution in [3.8, 4) is 0 Å². The quantitative estimate of drug-likeness (QED) is 0.763. The third-order valence-corrected chi connectivity index (χ3v) is 5.54. The second-order valence-electron chi connectivity index (χ2n) is 7.36. The summed E-state index contributed by atoms with van der Waals surface area (Å²) in [5.41, 5.74) is 1.16. The van der Waals surface area contributed by atoms with Crippen molar-refractivity contribution in [2.45, 2.75) is 31.5 Å².